The number of nitrogens with zero attached hydrogens (tertiary/aromatic N) is 2. The van der Waals surface area contributed by atoms with Crippen LogP contribution in [0, 0.1) is 0 Å². The molecule has 25 heavy (non-hydrogen) atoms. The molecule has 8 heteroatoms. The summed E-state index contributed by atoms with van der Waals surface area (Å²) in [5.74, 6) is 1.17. The Kier molecular flexibility index (Phi) is 9.12. The Bertz CT molecular complexity index is 642. The van der Waals surface area contributed by atoms with Gasteiger partial charge in [0.1, 0.15) is 0 Å². The molecule has 0 aliphatic heterocycles. The second-order valence-electron chi connectivity index (χ2n) is 5.46. The summed E-state index contributed by atoms with van der Waals surface area (Å²) in [7, 11) is 1.55. The lowest BCUT2D eigenvalue weighted by atomic mass is 10.1. The van der Waals surface area contributed by atoms with E-state index in [2.05, 4.69) is 15.5 Å². The van der Waals surface area contributed by atoms with Crippen LogP contribution in [0.2, 0.25) is 0 Å². The highest BCUT2D eigenvalue weighted by atomic mass is 35.5. The van der Waals surface area contributed by atoms with E-state index in [1.165, 1.54) is 0 Å². The van der Waals surface area contributed by atoms with Gasteiger partial charge in [-0.2, -0.15) is 4.98 Å². The first-order valence-corrected chi connectivity index (χ1v) is 8.07. The lowest BCUT2D eigenvalue weighted by Gasteiger charge is -2.12. The zero-order valence-electron chi connectivity index (χ0n) is 14.5. The van der Waals surface area contributed by atoms with E-state index in [1.807, 2.05) is 31.2 Å². The lowest BCUT2D eigenvalue weighted by molar-refractivity contribution is -0.123. The third-order valence-electron chi connectivity index (χ3n) is 3.73. The van der Waals surface area contributed by atoms with Crippen LogP contribution in [0.4, 0.5) is 0 Å². The number of benzene rings is 1. The van der Waals surface area contributed by atoms with Crippen molar-refractivity contribution in [3.63, 3.8) is 0 Å². The maximum absolute atomic E-state index is 11.8. The summed E-state index contributed by atoms with van der Waals surface area (Å²) >= 11 is 0. The average molecular weight is 369 g/mol. The normalized spacial score (nSPS) is 11.6. The summed E-state index contributed by atoms with van der Waals surface area (Å²) in [6.07, 6.45) is 1.54. The highest BCUT2D eigenvalue weighted by molar-refractivity contribution is 5.85. The zero-order chi connectivity index (χ0) is 17.4. The van der Waals surface area contributed by atoms with E-state index in [1.54, 1.807) is 7.11 Å². The topological polar surface area (TPSA) is 103 Å². The molecule has 0 bridgehead atoms. The van der Waals surface area contributed by atoms with E-state index in [-0.39, 0.29) is 30.8 Å². The predicted molar refractivity (Wildman–Crippen MR) is 97.5 cm³/mol. The molecule has 0 aliphatic carbocycles. The number of halogens is 1. The smallest absolute Gasteiger partial charge is 0.257 e. The molecule has 1 heterocycles. The van der Waals surface area contributed by atoms with Gasteiger partial charge in [0.25, 0.3) is 5.89 Å². The minimum absolute atomic E-state index is 0. The third-order valence-corrected chi connectivity index (χ3v) is 3.73. The van der Waals surface area contributed by atoms with Crippen molar-refractivity contribution in [1.29, 1.82) is 0 Å². The number of amides is 1. The number of methoxy groups -OCH3 is 1. The Hall–Kier alpha value is -1.96. The Morgan fingerprint density at radius 2 is 2.08 bits per heavy atom. The fraction of sp³-hybridized carbons (Fsp3) is 0.471. The molecule has 0 radical (unpaired) electrons. The number of aryl methyl sites for hydroxylation is 1. The molecule has 0 aliphatic rings. The first-order chi connectivity index (χ1) is 11.7. The number of rotatable bonds is 9. The van der Waals surface area contributed by atoms with Crippen LogP contribution in [-0.2, 0) is 22.4 Å². The minimum atomic E-state index is -0.230. The van der Waals surface area contributed by atoms with Gasteiger partial charge in [-0.15, -0.1) is 12.4 Å². The van der Waals surface area contributed by atoms with Gasteiger partial charge >= 0.3 is 0 Å². The molecule has 1 aromatic heterocycles. The summed E-state index contributed by atoms with van der Waals surface area (Å²) in [6.45, 7) is 2.88. The van der Waals surface area contributed by atoms with Crippen molar-refractivity contribution in [1.82, 2.24) is 15.5 Å². The molecule has 7 nitrogen and oxygen atoms in total. The van der Waals surface area contributed by atoms with Crippen LogP contribution < -0.4 is 11.1 Å². The van der Waals surface area contributed by atoms with Gasteiger partial charge in [0.2, 0.25) is 5.91 Å². The van der Waals surface area contributed by atoms with Crippen molar-refractivity contribution in [2.75, 3.05) is 20.2 Å². The number of nitrogens with one attached hydrogen (secondary N) is 1. The molecule has 1 atom stereocenters. The summed E-state index contributed by atoms with van der Waals surface area (Å²) in [5.41, 5.74) is 7.51. The monoisotopic (exact) mass is 368 g/mol. The van der Waals surface area contributed by atoms with Crippen LogP contribution in [-0.4, -0.2) is 42.4 Å². The van der Waals surface area contributed by atoms with Crippen molar-refractivity contribution < 1.29 is 14.1 Å². The van der Waals surface area contributed by atoms with Crippen LogP contribution in [0.3, 0.4) is 0 Å². The van der Waals surface area contributed by atoms with E-state index in [0.29, 0.717) is 24.8 Å². The molecule has 138 valence electrons. The lowest BCUT2D eigenvalue weighted by Crippen LogP contribution is -2.33. The van der Waals surface area contributed by atoms with Crippen LogP contribution in [0.25, 0.3) is 11.5 Å². The fourth-order valence-electron chi connectivity index (χ4n) is 2.22. The van der Waals surface area contributed by atoms with Crippen molar-refractivity contribution in [2.24, 2.45) is 5.73 Å². The second-order valence-corrected chi connectivity index (χ2v) is 5.46. The minimum Gasteiger partial charge on any atom is -0.380 e. The predicted octanol–water partition coefficient (Wildman–Crippen LogP) is 1.74. The zero-order valence-corrected chi connectivity index (χ0v) is 15.3. The van der Waals surface area contributed by atoms with Gasteiger partial charge in [0, 0.05) is 32.2 Å². The summed E-state index contributed by atoms with van der Waals surface area (Å²) in [6, 6.07) is 7.88. The van der Waals surface area contributed by atoms with Gasteiger partial charge in [-0.05, 0) is 24.1 Å². The SMILES string of the molecule is CCc1noc(-c2ccc(CCNC(=O)CC(CN)OC)cc2)n1.Cl. The Morgan fingerprint density at radius 3 is 2.64 bits per heavy atom. The van der Waals surface area contributed by atoms with Gasteiger partial charge in [-0.25, -0.2) is 0 Å². The van der Waals surface area contributed by atoms with Crippen molar-refractivity contribution in [2.45, 2.75) is 32.3 Å². The van der Waals surface area contributed by atoms with Gasteiger partial charge in [-0.1, -0.05) is 24.2 Å². The van der Waals surface area contributed by atoms with Gasteiger partial charge in [0.15, 0.2) is 5.82 Å². The molecule has 0 saturated heterocycles. The standard InChI is InChI=1S/C17H24N4O3.ClH/c1-3-15-20-17(24-21-15)13-6-4-12(5-7-13)8-9-19-16(22)10-14(11-18)23-2;/h4-7,14H,3,8-11,18H2,1-2H3,(H,19,22);1H. The Balaban J connectivity index is 0.00000312. The number of aromatic nitrogens is 2. The molecule has 2 rings (SSSR count). The molecular formula is C17H25ClN4O3. The number of carbonyl (C=O) groups excluding carboxylic acids is 1. The third kappa shape index (κ3) is 6.45. The summed E-state index contributed by atoms with van der Waals surface area (Å²) in [4.78, 5) is 16.1. The summed E-state index contributed by atoms with van der Waals surface area (Å²) < 4.78 is 10.3. The van der Waals surface area contributed by atoms with Crippen molar-refractivity contribution in [3.05, 3.63) is 35.7 Å². The Labute approximate surface area is 153 Å². The first-order valence-electron chi connectivity index (χ1n) is 8.07. The molecule has 2 aromatic rings. The quantitative estimate of drug-likeness (QED) is 0.698. The molecule has 1 amide bonds. The van der Waals surface area contributed by atoms with E-state index in [0.717, 1.165) is 24.0 Å². The fourth-order valence-corrected chi connectivity index (χ4v) is 2.22. The molecule has 1 aromatic carbocycles. The molecule has 0 saturated carbocycles. The van der Waals surface area contributed by atoms with E-state index in [9.17, 15) is 4.79 Å². The second kappa shape index (κ2) is 10.8. The van der Waals surface area contributed by atoms with E-state index in [4.69, 9.17) is 15.0 Å². The van der Waals surface area contributed by atoms with Crippen LogP contribution in [0.5, 0.6) is 0 Å². The molecular weight excluding hydrogens is 344 g/mol. The van der Waals surface area contributed by atoms with Crippen LogP contribution in [0.1, 0.15) is 24.7 Å². The molecule has 1 unspecified atom stereocenters. The number of hydrogen-bond donors (Lipinski definition) is 2. The van der Waals surface area contributed by atoms with Gasteiger partial charge in [0.05, 0.1) is 12.5 Å². The maximum atomic E-state index is 11.8. The molecule has 0 spiro atoms. The number of ether oxygens (including phenoxy) is 1. The molecule has 0 fully saturated rings. The highest BCUT2D eigenvalue weighted by Crippen LogP contribution is 2.18. The molecule has 3 N–H and O–H groups in total. The van der Waals surface area contributed by atoms with Gasteiger partial charge in [-0.3, -0.25) is 4.79 Å². The first kappa shape index (κ1) is 21.1. The van der Waals surface area contributed by atoms with Crippen LogP contribution >= 0.6 is 12.4 Å². The van der Waals surface area contributed by atoms with E-state index >= 15 is 0 Å². The van der Waals surface area contributed by atoms with E-state index < -0.39 is 0 Å². The number of carbonyl (C=O) groups is 1. The summed E-state index contributed by atoms with van der Waals surface area (Å²) in [5, 5.41) is 6.76. The number of hydrogen-bond acceptors (Lipinski definition) is 6. The maximum Gasteiger partial charge on any atom is 0.257 e. The van der Waals surface area contributed by atoms with Crippen molar-refractivity contribution >= 4 is 18.3 Å². The Morgan fingerprint density at radius 1 is 1.36 bits per heavy atom. The number of nitrogens with two attached hydrogens (primary N) is 1. The largest absolute Gasteiger partial charge is 0.380 e. The average Bonchev–Trinajstić information content (AvgIpc) is 3.09. The van der Waals surface area contributed by atoms with Crippen LogP contribution in [0.15, 0.2) is 28.8 Å². The highest BCUT2D eigenvalue weighted by Gasteiger charge is 2.11. The van der Waals surface area contributed by atoms with Crippen molar-refractivity contribution in [3.8, 4) is 11.5 Å². The van der Waals surface area contributed by atoms with Gasteiger partial charge < -0.3 is 20.3 Å².